The van der Waals surface area contributed by atoms with Gasteiger partial charge in [-0.2, -0.15) is 0 Å². The largest absolute Gasteiger partial charge is 0.328 e. The Labute approximate surface area is 204 Å². The third-order valence-electron chi connectivity index (χ3n) is 5.89. The fraction of sp³-hybridized carbons (Fsp3) is 0.250. The van der Waals surface area contributed by atoms with Crippen LogP contribution in [0.1, 0.15) is 48.6 Å². The zero-order chi connectivity index (χ0) is 24.4. The lowest BCUT2D eigenvalue weighted by molar-refractivity contribution is 0.0655. The first-order valence-electron chi connectivity index (χ1n) is 11.4. The molecule has 0 N–H and O–H groups in total. The minimum atomic E-state index is -0.456. The van der Waals surface area contributed by atoms with Crippen LogP contribution >= 0.6 is 11.6 Å². The Morgan fingerprint density at radius 2 is 1.68 bits per heavy atom. The van der Waals surface area contributed by atoms with Crippen LogP contribution in [0.5, 0.6) is 0 Å². The van der Waals surface area contributed by atoms with Crippen LogP contribution in [0, 0.1) is 12.8 Å². The predicted octanol–water partition coefficient (Wildman–Crippen LogP) is 6.21. The van der Waals surface area contributed by atoms with Gasteiger partial charge < -0.3 is 4.90 Å². The lowest BCUT2D eigenvalue weighted by Gasteiger charge is -2.32. The summed E-state index contributed by atoms with van der Waals surface area (Å²) in [6.07, 6.45) is 0. The van der Waals surface area contributed by atoms with E-state index in [1.54, 1.807) is 21.6 Å². The van der Waals surface area contributed by atoms with E-state index in [9.17, 15) is 9.59 Å². The monoisotopic (exact) mass is 473 g/mol. The molecule has 0 saturated carbocycles. The molecule has 1 heterocycles. The highest BCUT2D eigenvalue weighted by Gasteiger charge is 2.28. The first kappa shape index (κ1) is 23.7. The summed E-state index contributed by atoms with van der Waals surface area (Å²) in [4.78, 5) is 34.1. The van der Waals surface area contributed by atoms with Crippen LogP contribution in [0.15, 0.2) is 77.6 Å². The fourth-order valence-corrected chi connectivity index (χ4v) is 4.46. The Hall–Kier alpha value is -3.44. The van der Waals surface area contributed by atoms with Crippen molar-refractivity contribution in [1.29, 1.82) is 0 Å². The average Bonchev–Trinajstić information content (AvgIpc) is 2.83. The molecular formula is C28H28ClN3O2. The standard InChI is InChI=1S/C28H28ClN3O2/c1-18(2)17-31(27(33)21-10-6-5-7-11-21)20(4)26-30-24-13-9-8-12-23(24)28(34)32(26)25-15-14-22(29)16-19(25)3/h5-16,18,20H,17H2,1-4H3. The molecule has 1 amide bonds. The molecule has 5 nitrogen and oxygen atoms in total. The topological polar surface area (TPSA) is 55.2 Å². The fourth-order valence-electron chi connectivity index (χ4n) is 4.23. The average molecular weight is 474 g/mol. The Kier molecular flexibility index (Phi) is 6.85. The van der Waals surface area contributed by atoms with Gasteiger partial charge in [0.05, 0.1) is 22.6 Å². The second-order valence-corrected chi connectivity index (χ2v) is 9.39. The van der Waals surface area contributed by atoms with Gasteiger partial charge in [0.2, 0.25) is 0 Å². The van der Waals surface area contributed by atoms with Crippen LogP contribution in [0.3, 0.4) is 0 Å². The maximum absolute atomic E-state index is 13.8. The molecule has 0 aliphatic carbocycles. The Balaban J connectivity index is 1.95. The van der Waals surface area contributed by atoms with Crippen molar-refractivity contribution < 1.29 is 4.79 Å². The molecule has 4 aromatic rings. The summed E-state index contributed by atoms with van der Waals surface area (Å²) in [7, 11) is 0. The van der Waals surface area contributed by atoms with E-state index >= 15 is 0 Å². The molecule has 0 radical (unpaired) electrons. The van der Waals surface area contributed by atoms with Crippen molar-refractivity contribution in [2.75, 3.05) is 6.54 Å². The lowest BCUT2D eigenvalue weighted by Crippen LogP contribution is -2.39. The van der Waals surface area contributed by atoms with Crippen LogP contribution in [-0.4, -0.2) is 26.9 Å². The van der Waals surface area contributed by atoms with E-state index in [1.807, 2.05) is 74.5 Å². The molecule has 0 bridgehead atoms. The summed E-state index contributed by atoms with van der Waals surface area (Å²) < 4.78 is 1.63. The maximum atomic E-state index is 13.8. The van der Waals surface area contributed by atoms with Crippen LogP contribution in [0.25, 0.3) is 16.6 Å². The molecule has 6 heteroatoms. The normalized spacial score (nSPS) is 12.2. The molecule has 3 aromatic carbocycles. The van der Waals surface area contributed by atoms with Crippen molar-refractivity contribution >= 4 is 28.4 Å². The Morgan fingerprint density at radius 3 is 2.35 bits per heavy atom. The number of amides is 1. The Bertz CT molecular complexity index is 1400. The van der Waals surface area contributed by atoms with Crippen LogP contribution in [0.2, 0.25) is 5.02 Å². The smallest absolute Gasteiger partial charge is 0.266 e. The minimum Gasteiger partial charge on any atom is -0.328 e. The molecule has 0 aliphatic heterocycles. The third kappa shape index (κ3) is 4.62. The second-order valence-electron chi connectivity index (χ2n) is 8.95. The van der Waals surface area contributed by atoms with Gasteiger partial charge in [-0.05, 0) is 67.8 Å². The molecule has 0 fully saturated rings. The van der Waals surface area contributed by atoms with Crippen LogP contribution in [0.4, 0.5) is 0 Å². The van der Waals surface area contributed by atoms with Gasteiger partial charge in [0.25, 0.3) is 11.5 Å². The zero-order valence-corrected chi connectivity index (χ0v) is 20.6. The quantitative estimate of drug-likeness (QED) is 0.334. The van der Waals surface area contributed by atoms with Gasteiger partial charge in [-0.25, -0.2) is 4.98 Å². The number of para-hydroxylation sites is 1. The minimum absolute atomic E-state index is 0.0939. The lowest BCUT2D eigenvalue weighted by atomic mass is 10.1. The molecular weight excluding hydrogens is 446 g/mol. The maximum Gasteiger partial charge on any atom is 0.266 e. The molecule has 174 valence electrons. The molecule has 0 aliphatic rings. The van der Waals surface area contributed by atoms with E-state index in [-0.39, 0.29) is 17.4 Å². The summed E-state index contributed by atoms with van der Waals surface area (Å²) >= 11 is 6.20. The van der Waals surface area contributed by atoms with E-state index in [2.05, 4.69) is 13.8 Å². The number of carbonyl (C=O) groups excluding carboxylic acids is 1. The van der Waals surface area contributed by atoms with E-state index in [4.69, 9.17) is 16.6 Å². The number of carbonyl (C=O) groups is 1. The van der Waals surface area contributed by atoms with Gasteiger partial charge >= 0.3 is 0 Å². The molecule has 34 heavy (non-hydrogen) atoms. The number of aromatic nitrogens is 2. The van der Waals surface area contributed by atoms with Crippen LogP contribution in [-0.2, 0) is 0 Å². The molecule has 0 saturated heterocycles. The van der Waals surface area contributed by atoms with Crippen molar-refractivity contribution in [3.63, 3.8) is 0 Å². The summed E-state index contributed by atoms with van der Waals surface area (Å²) in [5, 5.41) is 1.12. The summed E-state index contributed by atoms with van der Waals surface area (Å²) in [6.45, 7) is 8.52. The highest BCUT2D eigenvalue weighted by Crippen LogP contribution is 2.27. The van der Waals surface area contributed by atoms with Gasteiger partial charge in [0.15, 0.2) is 0 Å². The zero-order valence-electron chi connectivity index (χ0n) is 19.8. The molecule has 1 unspecified atom stereocenters. The Morgan fingerprint density at radius 1 is 1.00 bits per heavy atom. The predicted molar refractivity (Wildman–Crippen MR) is 138 cm³/mol. The highest BCUT2D eigenvalue weighted by molar-refractivity contribution is 6.30. The van der Waals surface area contributed by atoms with Gasteiger partial charge in [-0.15, -0.1) is 0 Å². The first-order chi connectivity index (χ1) is 16.3. The number of rotatable bonds is 6. The molecule has 0 spiro atoms. The van der Waals surface area contributed by atoms with Crippen molar-refractivity contribution in [3.8, 4) is 5.69 Å². The van der Waals surface area contributed by atoms with Gasteiger partial charge in [-0.3, -0.25) is 14.2 Å². The SMILES string of the molecule is Cc1cc(Cl)ccc1-n1c(C(C)N(CC(C)C)C(=O)c2ccccc2)nc2ccccc2c1=O. The van der Waals surface area contributed by atoms with Crippen molar-refractivity contribution in [2.24, 2.45) is 5.92 Å². The van der Waals surface area contributed by atoms with E-state index in [1.165, 1.54) is 0 Å². The number of halogens is 1. The van der Waals surface area contributed by atoms with Gasteiger partial charge in [-0.1, -0.05) is 55.8 Å². The number of aryl methyl sites for hydroxylation is 1. The van der Waals surface area contributed by atoms with Crippen molar-refractivity contribution in [1.82, 2.24) is 14.5 Å². The summed E-state index contributed by atoms with van der Waals surface area (Å²) in [5.74, 6) is 0.649. The van der Waals surface area contributed by atoms with E-state index < -0.39 is 6.04 Å². The van der Waals surface area contributed by atoms with E-state index in [0.717, 1.165) is 5.56 Å². The number of hydrogen-bond donors (Lipinski definition) is 0. The number of benzene rings is 3. The highest BCUT2D eigenvalue weighted by atomic mass is 35.5. The van der Waals surface area contributed by atoms with Crippen molar-refractivity contribution in [2.45, 2.75) is 33.7 Å². The summed E-state index contributed by atoms with van der Waals surface area (Å²) in [6, 6.07) is 21.5. The second kappa shape index (κ2) is 9.82. The van der Waals surface area contributed by atoms with E-state index in [0.29, 0.717) is 39.5 Å². The molecule has 1 atom stereocenters. The first-order valence-corrected chi connectivity index (χ1v) is 11.8. The van der Waals surface area contributed by atoms with Gasteiger partial charge in [0, 0.05) is 17.1 Å². The number of nitrogens with zero attached hydrogens (tertiary/aromatic N) is 3. The third-order valence-corrected chi connectivity index (χ3v) is 6.12. The molecule has 4 rings (SSSR count). The van der Waals surface area contributed by atoms with Gasteiger partial charge in [0.1, 0.15) is 5.82 Å². The molecule has 1 aromatic heterocycles. The summed E-state index contributed by atoms with van der Waals surface area (Å²) in [5.41, 5.74) is 2.59. The number of hydrogen-bond acceptors (Lipinski definition) is 3. The number of fused-ring (bicyclic) bond motifs is 1. The van der Waals surface area contributed by atoms with Crippen molar-refractivity contribution in [3.05, 3.63) is 105 Å². The van der Waals surface area contributed by atoms with Crippen LogP contribution < -0.4 is 5.56 Å².